The van der Waals surface area contributed by atoms with Crippen molar-refractivity contribution in [2.75, 3.05) is 0 Å². The van der Waals surface area contributed by atoms with Crippen LogP contribution in [-0.4, -0.2) is 16.1 Å². The SMILES string of the molecule is CC(=O)O.Cc1csc(-c2ccc(C)c(C)c2)n1. The number of benzene rings is 1. The number of thiazole rings is 1. The van der Waals surface area contributed by atoms with Crippen molar-refractivity contribution in [3.05, 3.63) is 40.4 Å². The summed E-state index contributed by atoms with van der Waals surface area (Å²) in [5.41, 5.74) is 4.99. The maximum absolute atomic E-state index is 9.00. The summed E-state index contributed by atoms with van der Waals surface area (Å²) >= 11 is 1.71. The van der Waals surface area contributed by atoms with Gasteiger partial charge in [0.2, 0.25) is 0 Å². The van der Waals surface area contributed by atoms with Crippen LogP contribution < -0.4 is 0 Å². The summed E-state index contributed by atoms with van der Waals surface area (Å²) in [7, 11) is 0. The summed E-state index contributed by atoms with van der Waals surface area (Å²) in [6, 6.07) is 6.50. The second kappa shape index (κ2) is 6.31. The summed E-state index contributed by atoms with van der Waals surface area (Å²) in [6.07, 6.45) is 0. The van der Waals surface area contributed by atoms with E-state index in [9.17, 15) is 0 Å². The Morgan fingerprint density at radius 3 is 2.28 bits per heavy atom. The van der Waals surface area contributed by atoms with Gasteiger partial charge in [0.05, 0.1) is 0 Å². The van der Waals surface area contributed by atoms with E-state index in [4.69, 9.17) is 9.90 Å². The Labute approximate surface area is 111 Å². The van der Waals surface area contributed by atoms with Crippen molar-refractivity contribution in [3.8, 4) is 10.6 Å². The highest BCUT2D eigenvalue weighted by Gasteiger charge is 2.03. The smallest absolute Gasteiger partial charge is 0.300 e. The number of aromatic nitrogens is 1. The Bertz CT molecular complexity index is 542. The zero-order valence-electron chi connectivity index (χ0n) is 11.0. The summed E-state index contributed by atoms with van der Waals surface area (Å²) in [4.78, 5) is 13.5. The molecule has 0 aliphatic rings. The first-order valence-corrected chi connectivity index (χ1v) is 6.47. The molecule has 0 bridgehead atoms. The van der Waals surface area contributed by atoms with Gasteiger partial charge in [-0.2, -0.15) is 0 Å². The second-order valence-electron chi connectivity index (χ2n) is 4.11. The molecule has 0 spiro atoms. The lowest BCUT2D eigenvalue weighted by molar-refractivity contribution is -0.134. The van der Waals surface area contributed by atoms with E-state index in [1.165, 1.54) is 16.7 Å². The molecule has 0 unspecified atom stereocenters. The minimum Gasteiger partial charge on any atom is -0.481 e. The van der Waals surface area contributed by atoms with Gasteiger partial charge in [0.1, 0.15) is 5.01 Å². The number of carbonyl (C=O) groups is 1. The molecule has 2 aromatic rings. The third-order valence-electron chi connectivity index (χ3n) is 2.37. The van der Waals surface area contributed by atoms with Crippen LogP contribution in [0.4, 0.5) is 0 Å². The number of hydrogen-bond donors (Lipinski definition) is 1. The highest BCUT2D eigenvalue weighted by Crippen LogP contribution is 2.25. The van der Waals surface area contributed by atoms with E-state index in [1.54, 1.807) is 11.3 Å². The molecule has 0 aliphatic heterocycles. The molecule has 0 saturated carbocycles. The molecule has 96 valence electrons. The van der Waals surface area contributed by atoms with Gasteiger partial charge in [-0.15, -0.1) is 11.3 Å². The molecule has 0 radical (unpaired) electrons. The lowest BCUT2D eigenvalue weighted by Gasteiger charge is -2.01. The van der Waals surface area contributed by atoms with E-state index in [0.29, 0.717) is 0 Å². The summed E-state index contributed by atoms with van der Waals surface area (Å²) < 4.78 is 0. The summed E-state index contributed by atoms with van der Waals surface area (Å²) in [5, 5.41) is 10.6. The summed E-state index contributed by atoms with van der Waals surface area (Å²) in [5.74, 6) is -0.833. The molecular formula is C14H17NO2S. The normalized spacial score (nSPS) is 9.56. The molecule has 18 heavy (non-hydrogen) atoms. The van der Waals surface area contributed by atoms with E-state index in [0.717, 1.165) is 17.6 Å². The first-order chi connectivity index (χ1) is 8.40. The first kappa shape index (κ1) is 14.4. The molecule has 1 aromatic heterocycles. The fourth-order valence-corrected chi connectivity index (χ4v) is 2.16. The average Bonchev–Trinajstić information content (AvgIpc) is 2.68. The topological polar surface area (TPSA) is 50.2 Å². The molecule has 0 aliphatic carbocycles. The predicted octanol–water partition coefficient (Wildman–Crippen LogP) is 3.83. The Morgan fingerprint density at radius 1 is 1.22 bits per heavy atom. The molecule has 1 N–H and O–H groups in total. The van der Waals surface area contributed by atoms with Crippen molar-refractivity contribution in [3.63, 3.8) is 0 Å². The van der Waals surface area contributed by atoms with Gasteiger partial charge in [-0.25, -0.2) is 4.98 Å². The number of hydrogen-bond acceptors (Lipinski definition) is 3. The second-order valence-corrected chi connectivity index (χ2v) is 4.97. The maximum atomic E-state index is 9.00. The zero-order chi connectivity index (χ0) is 13.7. The van der Waals surface area contributed by atoms with Crippen LogP contribution in [0, 0.1) is 20.8 Å². The number of carboxylic acid groups (broad SMARTS) is 1. The highest BCUT2D eigenvalue weighted by molar-refractivity contribution is 7.13. The number of aliphatic carboxylic acids is 1. The van der Waals surface area contributed by atoms with Gasteiger partial charge in [0, 0.05) is 23.6 Å². The van der Waals surface area contributed by atoms with E-state index in [2.05, 4.69) is 42.4 Å². The number of rotatable bonds is 1. The minimum atomic E-state index is -0.833. The van der Waals surface area contributed by atoms with Gasteiger partial charge in [0.15, 0.2) is 0 Å². The van der Waals surface area contributed by atoms with Crippen molar-refractivity contribution >= 4 is 17.3 Å². The van der Waals surface area contributed by atoms with Gasteiger partial charge in [-0.1, -0.05) is 12.1 Å². The molecule has 1 heterocycles. The van der Waals surface area contributed by atoms with Crippen molar-refractivity contribution in [2.24, 2.45) is 0 Å². The Hall–Kier alpha value is -1.68. The number of aryl methyl sites for hydroxylation is 3. The largest absolute Gasteiger partial charge is 0.481 e. The molecule has 4 heteroatoms. The Kier molecular flexibility index (Phi) is 5.04. The molecule has 2 rings (SSSR count). The quantitative estimate of drug-likeness (QED) is 0.850. The van der Waals surface area contributed by atoms with Gasteiger partial charge < -0.3 is 5.11 Å². The third kappa shape index (κ3) is 4.30. The van der Waals surface area contributed by atoms with Crippen LogP contribution in [0.2, 0.25) is 0 Å². The fourth-order valence-electron chi connectivity index (χ4n) is 1.36. The Balaban J connectivity index is 0.000000357. The van der Waals surface area contributed by atoms with Crippen LogP contribution in [-0.2, 0) is 4.79 Å². The molecule has 1 aromatic carbocycles. The number of carboxylic acids is 1. The predicted molar refractivity (Wildman–Crippen MR) is 75.1 cm³/mol. The molecule has 3 nitrogen and oxygen atoms in total. The molecule has 0 fully saturated rings. The van der Waals surface area contributed by atoms with Gasteiger partial charge in [0.25, 0.3) is 5.97 Å². The first-order valence-electron chi connectivity index (χ1n) is 5.59. The van der Waals surface area contributed by atoms with Crippen LogP contribution in [0.1, 0.15) is 23.7 Å². The molecule has 0 saturated heterocycles. The molecule has 0 atom stereocenters. The van der Waals surface area contributed by atoms with E-state index in [1.807, 2.05) is 6.92 Å². The number of nitrogens with zero attached hydrogens (tertiary/aromatic N) is 1. The van der Waals surface area contributed by atoms with E-state index < -0.39 is 5.97 Å². The van der Waals surface area contributed by atoms with Crippen molar-refractivity contribution in [1.82, 2.24) is 4.98 Å². The molecule has 0 amide bonds. The lowest BCUT2D eigenvalue weighted by Crippen LogP contribution is -1.82. The van der Waals surface area contributed by atoms with Crippen molar-refractivity contribution < 1.29 is 9.90 Å². The highest BCUT2D eigenvalue weighted by atomic mass is 32.1. The van der Waals surface area contributed by atoms with Crippen LogP contribution >= 0.6 is 11.3 Å². The lowest BCUT2D eigenvalue weighted by atomic mass is 10.1. The Morgan fingerprint density at radius 2 is 1.83 bits per heavy atom. The summed E-state index contributed by atoms with van der Waals surface area (Å²) in [6.45, 7) is 7.38. The van der Waals surface area contributed by atoms with Gasteiger partial charge >= 0.3 is 0 Å². The van der Waals surface area contributed by atoms with E-state index in [-0.39, 0.29) is 0 Å². The standard InChI is InChI=1S/C12H13NS.C2H4O2/c1-8-4-5-11(6-9(8)2)12-13-10(3)7-14-12;1-2(3)4/h4-7H,1-3H3;1H3,(H,3,4). The van der Waals surface area contributed by atoms with E-state index >= 15 is 0 Å². The van der Waals surface area contributed by atoms with Crippen LogP contribution in [0.3, 0.4) is 0 Å². The maximum Gasteiger partial charge on any atom is 0.300 e. The zero-order valence-corrected chi connectivity index (χ0v) is 11.8. The monoisotopic (exact) mass is 263 g/mol. The minimum absolute atomic E-state index is 0.833. The fraction of sp³-hybridized carbons (Fsp3) is 0.286. The van der Waals surface area contributed by atoms with Gasteiger partial charge in [-0.3, -0.25) is 4.79 Å². The molecular weight excluding hydrogens is 246 g/mol. The van der Waals surface area contributed by atoms with Gasteiger partial charge in [-0.05, 0) is 38.0 Å². The van der Waals surface area contributed by atoms with Crippen LogP contribution in [0.15, 0.2) is 23.6 Å². The average molecular weight is 263 g/mol. The third-order valence-corrected chi connectivity index (χ3v) is 3.38. The van der Waals surface area contributed by atoms with Crippen molar-refractivity contribution in [1.29, 1.82) is 0 Å². The van der Waals surface area contributed by atoms with Crippen LogP contribution in [0.5, 0.6) is 0 Å². The van der Waals surface area contributed by atoms with Crippen molar-refractivity contribution in [2.45, 2.75) is 27.7 Å². The van der Waals surface area contributed by atoms with Crippen LogP contribution in [0.25, 0.3) is 10.6 Å².